The molecule has 31 valence electrons. The van der Waals surface area contributed by atoms with Crippen LogP contribution in [0.3, 0.4) is 0 Å². The molecule has 0 amide bonds. The predicted molar refractivity (Wildman–Crippen MR) is 27.9 cm³/mol. The van der Waals surface area contributed by atoms with Gasteiger partial charge in [-0.05, 0) is 19.9 Å². The van der Waals surface area contributed by atoms with Crippen molar-refractivity contribution < 1.29 is 0 Å². The van der Waals surface area contributed by atoms with Crippen molar-refractivity contribution in [3.05, 3.63) is 18.6 Å². The average molecular weight is 79.1 g/mol. The van der Waals surface area contributed by atoms with E-state index in [9.17, 15) is 0 Å². The molecule has 1 radical (unpaired) electrons. The maximum atomic E-state index is 4.86. The van der Waals surface area contributed by atoms with Crippen molar-refractivity contribution in [3.8, 4) is 12.3 Å². The van der Waals surface area contributed by atoms with Crippen LogP contribution in [-0.4, -0.2) is 0 Å². The van der Waals surface area contributed by atoms with E-state index in [-0.39, 0.29) is 0 Å². The third kappa shape index (κ3) is 3.30. The Morgan fingerprint density at radius 2 is 2.50 bits per heavy atom. The maximum absolute atomic E-state index is 4.86. The lowest BCUT2D eigenvalue weighted by molar-refractivity contribution is 1.55. The molecule has 0 unspecified atom stereocenters. The highest BCUT2D eigenvalue weighted by Gasteiger charge is 1.64. The molecule has 0 nitrogen and oxygen atoms in total. The molecule has 0 saturated carbocycles. The van der Waals surface area contributed by atoms with Gasteiger partial charge in [-0.1, -0.05) is 11.5 Å². The van der Waals surface area contributed by atoms with Gasteiger partial charge >= 0.3 is 0 Å². The Labute approximate surface area is 38.9 Å². The summed E-state index contributed by atoms with van der Waals surface area (Å²) in [4.78, 5) is 0. The van der Waals surface area contributed by atoms with E-state index in [2.05, 4.69) is 12.8 Å². The Hall–Kier alpha value is -0.700. The van der Waals surface area contributed by atoms with Crippen LogP contribution in [0.25, 0.3) is 0 Å². The molecule has 0 aromatic rings. The smallest absolute Gasteiger partial charge is 0.0132 e. The van der Waals surface area contributed by atoms with E-state index in [4.69, 9.17) is 6.42 Å². The molecule has 6 heavy (non-hydrogen) atoms. The zero-order chi connectivity index (χ0) is 4.99. The highest BCUT2D eigenvalue weighted by Crippen LogP contribution is 1.81. The maximum Gasteiger partial charge on any atom is -0.0132 e. The zero-order valence-corrected chi connectivity index (χ0v) is 3.86. The SMILES string of the molecule is C#C/C=C(/[CH2])C. The molecule has 0 aliphatic rings. The summed E-state index contributed by atoms with van der Waals surface area (Å²) in [6.07, 6.45) is 6.49. The van der Waals surface area contributed by atoms with Gasteiger partial charge in [-0.3, -0.25) is 0 Å². The van der Waals surface area contributed by atoms with Crippen LogP contribution in [0.1, 0.15) is 6.92 Å². The monoisotopic (exact) mass is 79.1 g/mol. The highest BCUT2D eigenvalue weighted by atomic mass is 13.7. The largest absolute Gasteiger partial charge is 0.115 e. The molecule has 0 rings (SSSR count). The van der Waals surface area contributed by atoms with Gasteiger partial charge in [0.2, 0.25) is 0 Å². The lowest BCUT2D eigenvalue weighted by Gasteiger charge is -1.73. The van der Waals surface area contributed by atoms with Crippen LogP contribution in [0.15, 0.2) is 11.6 Å². The minimum Gasteiger partial charge on any atom is -0.115 e. The van der Waals surface area contributed by atoms with Crippen molar-refractivity contribution in [1.29, 1.82) is 0 Å². The summed E-state index contributed by atoms with van der Waals surface area (Å²) < 4.78 is 0. The summed E-state index contributed by atoms with van der Waals surface area (Å²) in [7, 11) is 0. The molecular weight excluding hydrogens is 72.1 g/mol. The first-order chi connectivity index (χ1) is 2.77. The van der Waals surface area contributed by atoms with Crippen molar-refractivity contribution in [2.45, 2.75) is 6.92 Å². The van der Waals surface area contributed by atoms with Crippen molar-refractivity contribution in [2.24, 2.45) is 0 Å². The lowest BCUT2D eigenvalue weighted by atomic mass is 10.3. The van der Waals surface area contributed by atoms with Crippen molar-refractivity contribution in [1.82, 2.24) is 0 Å². The first-order valence-corrected chi connectivity index (χ1v) is 1.72. The highest BCUT2D eigenvalue weighted by molar-refractivity contribution is 5.17. The van der Waals surface area contributed by atoms with Crippen LogP contribution < -0.4 is 0 Å². The van der Waals surface area contributed by atoms with Gasteiger partial charge in [0.05, 0.1) is 0 Å². The summed E-state index contributed by atoms with van der Waals surface area (Å²) in [5.74, 6) is 2.34. The molecule has 0 heterocycles. The van der Waals surface area contributed by atoms with Gasteiger partial charge in [0, 0.05) is 0 Å². The molecule has 0 aromatic carbocycles. The van der Waals surface area contributed by atoms with Crippen molar-refractivity contribution in [2.75, 3.05) is 0 Å². The molecule has 0 fully saturated rings. The van der Waals surface area contributed by atoms with Gasteiger partial charge in [0.1, 0.15) is 0 Å². The fourth-order valence-electron chi connectivity index (χ4n) is 0.142. The summed E-state index contributed by atoms with van der Waals surface area (Å²) in [6.45, 7) is 5.41. The van der Waals surface area contributed by atoms with Gasteiger partial charge in [-0.25, -0.2) is 0 Å². The van der Waals surface area contributed by atoms with Gasteiger partial charge in [0.15, 0.2) is 0 Å². The summed E-state index contributed by atoms with van der Waals surface area (Å²) in [6, 6.07) is 0. The topological polar surface area (TPSA) is 0 Å². The molecule has 0 aliphatic carbocycles. The third-order valence-electron chi connectivity index (χ3n) is 0.330. The molecule has 0 heteroatoms. The normalized spacial score (nSPS) is 10.5. The van der Waals surface area contributed by atoms with Crippen LogP contribution in [0, 0.1) is 19.3 Å². The third-order valence-corrected chi connectivity index (χ3v) is 0.330. The summed E-state index contributed by atoms with van der Waals surface area (Å²) in [5.41, 5.74) is 0.928. The number of hydrogen-bond donors (Lipinski definition) is 0. The number of hydrogen-bond acceptors (Lipinski definition) is 0. The Bertz CT molecular complexity index is 87.1. The first-order valence-electron chi connectivity index (χ1n) is 1.72. The molecule has 0 atom stereocenters. The second-order valence-electron chi connectivity index (χ2n) is 1.16. The van der Waals surface area contributed by atoms with E-state index >= 15 is 0 Å². The van der Waals surface area contributed by atoms with Gasteiger partial charge in [-0.2, -0.15) is 0 Å². The number of terminal acetylenes is 1. The fraction of sp³-hybridized carbons (Fsp3) is 0.167. The van der Waals surface area contributed by atoms with Gasteiger partial charge in [-0.15, -0.1) is 6.42 Å². The van der Waals surface area contributed by atoms with Crippen molar-refractivity contribution in [3.63, 3.8) is 0 Å². The quantitative estimate of drug-likeness (QED) is 0.385. The van der Waals surface area contributed by atoms with E-state index in [0.29, 0.717) is 0 Å². The molecule has 0 bridgehead atoms. The standard InChI is InChI=1S/C6H7/c1-4-5-6(2)3/h1,5H,2H2,3H3/b6-5-. The molecular formula is C6H7. The lowest BCUT2D eigenvalue weighted by Crippen LogP contribution is -1.56. The van der Waals surface area contributed by atoms with Crippen LogP contribution in [-0.2, 0) is 0 Å². The Morgan fingerprint density at radius 3 is 2.50 bits per heavy atom. The molecule has 0 N–H and O–H groups in total. The van der Waals surface area contributed by atoms with Gasteiger partial charge in [0.25, 0.3) is 0 Å². The summed E-state index contributed by atoms with van der Waals surface area (Å²) in [5, 5.41) is 0. The van der Waals surface area contributed by atoms with E-state index in [1.807, 2.05) is 6.92 Å². The molecule has 0 spiro atoms. The minimum atomic E-state index is 0.928. The molecule has 0 saturated heterocycles. The number of rotatable bonds is 0. The second kappa shape index (κ2) is 2.53. The average Bonchev–Trinajstić information content (AvgIpc) is 1.35. The zero-order valence-electron chi connectivity index (χ0n) is 3.86. The predicted octanol–water partition coefficient (Wildman–Crippen LogP) is 1.40. The van der Waals surface area contributed by atoms with E-state index in [1.54, 1.807) is 6.08 Å². The van der Waals surface area contributed by atoms with Gasteiger partial charge < -0.3 is 0 Å². The first kappa shape index (κ1) is 5.30. The number of allylic oxidation sites excluding steroid dienone is 2. The molecule has 0 aromatic heterocycles. The second-order valence-corrected chi connectivity index (χ2v) is 1.16. The van der Waals surface area contributed by atoms with Crippen LogP contribution >= 0.6 is 0 Å². The Morgan fingerprint density at radius 1 is 2.00 bits per heavy atom. The Kier molecular flexibility index (Phi) is 2.24. The molecule has 0 aliphatic heterocycles. The van der Waals surface area contributed by atoms with E-state index < -0.39 is 0 Å². The van der Waals surface area contributed by atoms with E-state index in [1.165, 1.54) is 0 Å². The van der Waals surface area contributed by atoms with Crippen LogP contribution in [0.4, 0.5) is 0 Å². The van der Waals surface area contributed by atoms with E-state index in [0.717, 1.165) is 5.57 Å². The Balaban J connectivity index is 3.51. The van der Waals surface area contributed by atoms with Crippen molar-refractivity contribution >= 4 is 0 Å². The summed E-state index contributed by atoms with van der Waals surface area (Å²) >= 11 is 0. The van der Waals surface area contributed by atoms with Crippen LogP contribution in [0.2, 0.25) is 0 Å². The minimum absolute atomic E-state index is 0.928. The fourth-order valence-corrected chi connectivity index (χ4v) is 0.142. The van der Waals surface area contributed by atoms with Crippen LogP contribution in [0.5, 0.6) is 0 Å².